The van der Waals surface area contributed by atoms with E-state index in [-0.39, 0.29) is 0 Å². The molecule has 0 bridgehead atoms. The molecule has 0 saturated heterocycles. The summed E-state index contributed by atoms with van der Waals surface area (Å²) in [5, 5.41) is 0. The van der Waals surface area contributed by atoms with E-state index in [2.05, 4.69) is 48.3 Å². The van der Waals surface area contributed by atoms with E-state index in [0.717, 1.165) is 16.8 Å². The summed E-state index contributed by atoms with van der Waals surface area (Å²) in [6.07, 6.45) is 6.49. The van der Waals surface area contributed by atoms with Crippen molar-refractivity contribution in [2.24, 2.45) is 5.92 Å². The zero-order valence-corrected chi connectivity index (χ0v) is 10.4. The quantitative estimate of drug-likeness (QED) is 0.308. The van der Waals surface area contributed by atoms with Gasteiger partial charge in [0.15, 0.2) is 0 Å². The Balaban J connectivity index is 3.01. The molecule has 0 atom stereocenters. The molecule has 12 heavy (non-hydrogen) atoms. The molecule has 0 unspecified atom stereocenters. The Morgan fingerprint density at radius 3 is 2.42 bits per heavy atom. The normalized spacial score (nSPS) is 9.67. The largest absolute Gasteiger partial charge is 0.103 e. The maximum atomic E-state index is 3.17. The Hall–Kier alpha value is 0.290. The summed E-state index contributed by atoms with van der Waals surface area (Å²) in [4.78, 5) is 0. The molecule has 0 saturated carbocycles. The van der Waals surface area contributed by atoms with E-state index in [1.807, 2.05) is 0 Å². The van der Waals surface area contributed by atoms with Crippen LogP contribution in [-0.2, 0) is 0 Å². The van der Waals surface area contributed by atoms with Crippen LogP contribution in [0.25, 0.3) is 0 Å². The van der Waals surface area contributed by atoms with Crippen LogP contribution in [0.3, 0.4) is 0 Å². The average Bonchev–Trinajstić information content (AvgIpc) is 2.02. The molecule has 0 fully saturated rings. The van der Waals surface area contributed by atoms with E-state index >= 15 is 0 Å². The highest BCUT2D eigenvalue weighted by Gasteiger charge is 1.92. The smallest absolute Gasteiger partial charge is 0.0609 e. The van der Waals surface area contributed by atoms with E-state index in [4.69, 9.17) is 0 Å². The maximum absolute atomic E-state index is 3.17. The van der Waals surface area contributed by atoms with Gasteiger partial charge in [0.05, 0.1) is 4.43 Å². The van der Waals surface area contributed by atoms with Gasteiger partial charge in [0, 0.05) is 6.42 Å². The summed E-state index contributed by atoms with van der Waals surface area (Å²) in [6.45, 7) is 4.58. The van der Waals surface area contributed by atoms with Gasteiger partial charge in [-0.3, -0.25) is 0 Å². The van der Waals surface area contributed by atoms with E-state index in [9.17, 15) is 0 Å². The van der Waals surface area contributed by atoms with Crippen molar-refractivity contribution < 1.29 is 0 Å². The minimum atomic E-state index is 0.866. The second-order valence-corrected chi connectivity index (χ2v) is 4.24. The van der Waals surface area contributed by atoms with Gasteiger partial charge in [-0.25, -0.2) is 0 Å². The van der Waals surface area contributed by atoms with Crippen LogP contribution in [0.5, 0.6) is 0 Å². The summed E-state index contributed by atoms with van der Waals surface area (Å²) in [6, 6.07) is 0. The first-order valence-corrected chi connectivity index (χ1v) is 6.31. The third-order valence-corrected chi connectivity index (χ3v) is 2.16. The number of hydrogen-bond acceptors (Lipinski definition) is 0. The topological polar surface area (TPSA) is 0 Å². The Morgan fingerprint density at radius 2 is 1.83 bits per heavy atom. The van der Waals surface area contributed by atoms with Crippen molar-refractivity contribution in [3.63, 3.8) is 0 Å². The lowest BCUT2D eigenvalue weighted by Gasteiger charge is -2.01. The fraction of sp³-hybridized carbons (Fsp3) is 0.818. The second-order valence-electron chi connectivity index (χ2n) is 3.48. The van der Waals surface area contributed by atoms with Crippen LogP contribution in [0.15, 0.2) is 0 Å². The van der Waals surface area contributed by atoms with Crippen LogP contribution in [-0.4, -0.2) is 4.43 Å². The van der Waals surface area contributed by atoms with E-state index in [0.29, 0.717) is 0 Å². The molecule has 1 heteroatoms. The molecular formula is C11H19I. The SMILES string of the molecule is CC(C)CCCCCC#CCI. The Bertz CT molecular complexity index is 139. The summed E-state index contributed by atoms with van der Waals surface area (Å²) in [5.41, 5.74) is 0. The standard InChI is InChI=1S/C11H19I/c1-11(2)9-7-5-3-4-6-8-10-12/h11H,3-5,7,9-10H2,1-2H3. The summed E-state index contributed by atoms with van der Waals surface area (Å²) in [7, 11) is 0. The predicted octanol–water partition coefficient (Wildman–Crippen LogP) is 4.03. The molecule has 0 aromatic carbocycles. The summed E-state index contributed by atoms with van der Waals surface area (Å²) >= 11 is 2.29. The Kier molecular flexibility index (Phi) is 9.61. The van der Waals surface area contributed by atoms with Crippen molar-refractivity contribution in [2.75, 3.05) is 4.43 Å². The molecule has 0 aliphatic carbocycles. The van der Waals surface area contributed by atoms with E-state index in [1.54, 1.807) is 0 Å². The molecule has 0 rings (SSSR count). The molecular weight excluding hydrogens is 259 g/mol. The molecule has 0 nitrogen and oxygen atoms in total. The van der Waals surface area contributed by atoms with Gasteiger partial charge in [0.2, 0.25) is 0 Å². The average molecular weight is 278 g/mol. The van der Waals surface area contributed by atoms with Gasteiger partial charge in [-0.1, -0.05) is 61.6 Å². The highest BCUT2D eigenvalue weighted by Crippen LogP contribution is 2.08. The second kappa shape index (κ2) is 9.38. The van der Waals surface area contributed by atoms with Crippen molar-refractivity contribution in [3.05, 3.63) is 0 Å². The lowest BCUT2D eigenvalue weighted by Crippen LogP contribution is -1.86. The minimum absolute atomic E-state index is 0.866. The number of unbranched alkanes of at least 4 members (excludes halogenated alkanes) is 3. The minimum Gasteiger partial charge on any atom is -0.103 e. The molecule has 0 heterocycles. The van der Waals surface area contributed by atoms with Gasteiger partial charge in [-0.05, 0) is 12.3 Å². The molecule has 0 aliphatic heterocycles. The van der Waals surface area contributed by atoms with Crippen LogP contribution >= 0.6 is 22.6 Å². The lowest BCUT2D eigenvalue weighted by atomic mass is 10.0. The first-order chi connectivity index (χ1) is 5.77. The van der Waals surface area contributed by atoms with Crippen molar-refractivity contribution >= 4 is 22.6 Å². The monoisotopic (exact) mass is 278 g/mol. The Labute approximate surface area is 90.6 Å². The molecule has 0 radical (unpaired) electrons. The highest BCUT2D eigenvalue weighted by atomic mass is 127. The van der Waals surface area contributed by atoms with E-state index < -0.39 is 0 Å². The van der Waals surface area contributed by atoms with Crippen LogP contribution in [0.1, 0.15) is 46.0 Å². The Morgan fingerprint density at radius 1 is 1.08 bits per heavy atom. The van der Waals surface area contributed by atoms with Crippen LogP contribution < -0.4 is 0 Å². The van der Waals surface area contributed by atoms with Crippen molar-refractivity contribution in [1.29, 1.82) is 0 Å². The van der Waals surface area contributed by atoms with Gasteiger partial charge in [0.25, 0.3) is 0 Å². The van der Waals surface area contributed by atoms with Crippen molar-refractivity contribution in [2.45, 2.75) is 46.0 Å². The third kappa shape index (κ3) is 10.3. The lowest BCUT2D eigenvalue weighted by molar-refractivity contribution is 0.530. The molecule has 0 aromatic heterocycles. The van der Waals surface area contributed by atoms with Gasteiger partial charge in [-0.2, -0.15) is 0 Å². The molecule has 0 N–H and O–H groups in total. The zero-order chi connectivity index (χ0) is 9.23. The van der Waals surface area contributed by atoms with Crippen molar-refractivity contribution in [3.8, 4) is 11.8 Å². The number of hydrogen-bond donors (Lipinski definition) is 0. The number of alkyl halides is 1. The zero-order valence-electron chi connectivity index (χ0n) is 8.20. The number of rotatable bonds is 5. The van der Waals surface area contributed by atoms with Gasteiger partial charge >= 0.3 is 0 Å². The molecule has 70 valence electrons. The van der Waals surface area contributed by atoms with Crippen LogP contribution in [0.4, 0.5) is 0 Å². The maximum Gasteiger partial charge on any atom is 0.0609 e. The van der Waals surface area contributed by atoms with Gasteiger partial charge < -0.3 is 0 Å². The number of halogens is 1. The van der Waals surface area contributed by atoms with Crippen LogP contribution in [0, 0.1) is 17.8 Å². The third-order valence-electron chi connectivity index (χ3n) is 1.78. The summed E-state index contributed by atoms with van der Waals surface area (Å²) in [5.74, 6) is 7.12. The molecule has 0 aromatic rings. The molecule has 0 aliphatic rings. The molecule has 0 amide bonds. The van der Waals surface area contributed by atoms with E-state index in [1.165, 1.54) is 25.7 Å². The van der Waals surface area contributed by atoms with Crippen LogP contribution in [0.2, 0.25) is 0 Å². The highest BCUT2D eigenvalue weighted by molar-refractivity contribution is 14.1. The first-order valence-electron chi connectivity index (χ1n) is 4.79. The fourth-order valence-electron chi connectivity index (χ4n) is 1.08. The van der Waals surface area contributed by atoms with Crippen molar-refractivity contribution in [1.82, 2.24) is 0 Å². The predicted molar refractivity (Wildman–Crippen MR) is 64.6 cm³/mol. The van der Waals surface area contributed by atoms with Gasteiger partial charge in [0.1, 0.15) is 0 Å². The summed E-state index contributed by atoms with van der Waals surface area (Å²) < 4.78 is 0.976. The van der Waals surface area contributed by atoms with Gasteiger partial charge in [-0.15, -0.1) is 5.92 Å². The fourth-order valence-corrected chi connectivity index (χ4v) is 1.35. The first kappa shape index (κ1) is 12.3. The molecule has 0 spiro atoms.